The van der Waals surface area contributed by atoms with Crippen molar-refractivity contribution in [1.29, 1.82) is 0 Å². The van der Waals surface area contributed by atoms with Crippen molar-refractivity contribution in [3.8, 4) is 11.5 Å². The maximum absolute atomic E-state index is 12.7. The van der Waals surface area contributed by atoms with E-state index in [4.69, 9.17) is 9.47 Å². The molecule has 1 saturated heterocycles. The first-order valence-corrected chi connectivity index (χ1v) is 9.54. The second-order valence-corrected chi connectivity index (χ2v) is 7.49. The molecule has 0 bridgehead atoms. The third-order valence-corrected chi connectivity index (χ3v) is 5.08. The van der Waals surface area contributed by atoms with Crippen molar-refractivity contribution >= 4 is 22.8 Å². The molecule has 1 aliphatic heterocycles. The van der Waals surface area contributed by atoms with E-state index in [1.807, 2.05) is 30.6 Å². The van der Waals surface area contributed by atoms with Gasteiger partial charge in [-0.1, -0.05) is 13.8 Å². The average Bonchev–Trinajstić information content (AvgIpc) is 2.66. The number of methoxy groups -OCH3 is 2. The van der Waals surface area contributed by atoms with Crippen LogP contribution in [0.4, 0.5) is 5.95 Å². The van der Waals surface area contributed by atoms with E-state index in [0.29, 0.717) is 72.4 Å². The molecule has 0 unspecified atom stereocenters. The van der Waals surface area contributed by atoms with Crippen LogP contribution in [0.15, 0.2) is 10.9 Å². The van der Waals surface area contributed by atoms with Gasteiger partial charge in [0.15, 0.2) is 11.5 Å². The van der Waals surface area contributed by atoms with Gasteiger partial charge in [0.2, 0.25) is 11.9 Å². The fourth-order valence-electron chi connectivity index (χ4n) is 3.63. The molecule has 8 heteroatoms. The molecular formula is C20H28N4O4. The van der Waals surface area contributed by atoms with Gasteiger partial charge in [-0.05, 0) is 12.8 Å². The zero-order chi connectivity index (χ0) is 20.4. The number of carbonyl (C=O) groups is 1. The first-order chi connectivity index (χ1) is 13.3. The Balaban J connectivity index is 1.87. The van der Waals surface area contributed by atoms with Crippen LogP contribution < -0.4 is 19.9 Å². The van der Waals surface area contributed by atoms with Crippen LogP contribution in [-0.4, -0.2) is 61.2 Å². The third kappa shape index (κ3) is 3.76. The number of benzene rings is 1. The van der Waals surface area contributed by atoms with Crippen LogP contribution >= 0.6 is 0 Å². The fraction of sp³-hybridized carbons (Fsp3) is 0.550. The standard InChI is InChI=1S/C20H28N4O4/c1-12(2)10-16(25)23-6-8-24(9-7-23)20-21-14-11-15(27-4)18(28-5)13(3)17(14)19(26)22-20/h11-12H,6-10H2,1-5H3,(H,21,22,26). The van der Waals surface area contributed by atoms with Crippen LogP contribution in [0.2, 0.25) is 0 Å². The quantitative estimate of drug-likeness (QED) is 0.842. The van der Waals surface area contributed by atoms with Crippen molar-refractivity contribution in [2.24, 2.45) is 5.92 Å². The van der Waals surface area contributed by atoms with Crippen LogP contribution in [0, 0.1) is 12.8 Å². The van der Waals surface area contributed by atoms with E-state index in [1.165, 1.54) is 0 Å². The molecule has 1 aliphatic rings. The highest BCUT2D eigenvalue weighted by molar-refractivity contribution is 5.87. The van der Waals surface area contributed by atoms with E-state index in [9.17, 15) is 9.59 Å². The number of carbonyl (C=O) groups excluding carboxylic acids is 1. The number of aromatic amines is 1. The van der Waals surface area contributed by atoms with Crippen LogP contribution in [0.5, 0.6) is 11.5 Å². The molecule has 1 aromatic carbocycles. The minimum atomic E-state index is -0.211. The molecule has 0 spiro atoms. The number of aromatic nitrogens is 2. The number of aryl methyl sites for hydroxylation is 1. The lowest BCUT2D eigenvalue weighted by atomic mass is 10.1. The molecule has 152 valence electrons. The summed E-state index contributed by atoms with van der Waals surface area (Å²) >= 11 is 0. The summed E-state index contributed by atoms with van der Waals surface area (Å²) in [6, 6.07) is 1.72. The number of rotatable bonds is 5. The van der Waals surface area contributed by atoms with Crippen molar-refractivity contribution in [3.63, 3.8) is 0 Å². The molecule has 0 radical (unpaired) electrons. The van der Waals surface area contributed by atoms with Crippen molar-refractivity contribution in [2.45, 2.75) is 27.2 Å². The molecule has 28 heavy (non-hydrogen) atoms. The van der Waals surface area contributed by atoms with Crippen LogP contribution in [0.25, 0.3) is 10.9 Å². The Kier molecular flexibility index (Phi) is 5.76. The van der Waals surface area contributed by atoms with Crippen molar-refractivity contribution in [3.05, 3.63) is 22.0 Å². The number of amides is 1. The molecule has 0 atom stereocenters. The Bertz CT molecular complexity index is 930. The molecule has 1 aromatic heterocycles. The van der Waals surface area contributed by atoms with Gasteiger partial charge in [0.05, 0.1) is 25.1 Å². The highest BCUT2D eigenvalue weighted by atomic mass is 16.5. The van der Waals surface area contributed by atoms with Gasteiger partial charge in [-0.3, -0.25) is 14.6 Å². The van der Waals surface area contributed by atoms with E-state index in [0.717, 1.165) is 0 Å². The topological polar surface area (TPSA) is 87.8 Å². The molecule has 1 N–H and O–H groups in total. The van der Waals surface area contributed by atoms with E-state index in [-0.39, 0.29) is 11.5 Å². The maximum Gasteiger partial charge on any atom is 0.260 e. The second kappa shape index (κ2) is 8.08. The predicted octanol–water partition coefficient (Wildman–Crippen LogP) is 1.94. The average molecular weight is 388 g/mol. The minimum absolute atomic E-state index is 0.182. The number of nitrogens with zero attached hydrogens (tertiary/aromatic N) is 3. The van der Waals surface area contributed by atoms with Crippen molar-refractivity contribution in [1.82, 2.24) is 14.9 Å². The molecule has 8 nitrogen and oxygen atoms in total. The van der Waals surface area contributed by atoms with Gasteiger partial charge in [-0.25, -0.2) is 4.98 Å². The number of hydrogen-bond acceptors (Lipinski definition) is 6. The number of nitrogens with one attached hydrogen (secondary N) is 1. The van der Waals surface area contributed by atoms with Gasteiger partial charge in [-0.15, -0.1) is 0 Å². The summed E-state index contributed by atoms with van der Waals surface area (Å²) in [7, 11) is 3.11. The summed E-state index contributed by atoms with van der Waals surface area (Å²) in [5, 5.41) is 0.493. The maximum atomic E-state index is 12.7. The lowest BCUT2D eigenvalue weighted by Gasteiger charge is -2.35. The lowest BCUT2D eigenvalue weighted by Crippen LogP contribution is -2.49. The monoisotopic (exact) mass is 388 g/mol. The Hall–Kier alpha value is -2.77. The lowest BCUT2D eigenvalue weighted by molar-refractivity contribution is -0.132. The Labute approximate surface area is 164 Å². The van der Waals surface area contributed by atoms with Gasteiger partial charge in [0.25, 0.3) is 5.56 Å². The number of anilines is 1. The Morgan fingerprint density at radius 1 is 1.21 bits per heavy atom. The summed E-state index contributed by atoms with van der Waals surface area (Å²) in [5.41, 5.74) is 1.05. The SMILES string of the molecule is COc1cc2nc(N3CCN(C(=O)CC(C)C)CC3)[nH]c(=O)c2c(C)c1OC. The largest absolute Gasteiger partial charge is 0.493 e. The van der Waals surface area contributed by atoms with Crippen LogP contribution in [-0.2, 0) is 4.79 Å². The molecule has 2 aromatic rings. The smallest absolute Gasteiger partial charge is 0.260 e. The number of H-pyrrole nitrogens is 1. The first kappa shape index (κ1) is 20.0. The van der Waals surface area contributed by atoms with Crippen molar-refractivity contribution < 1.29 is 14.3 Å². The van der Waals surface area contributed by atoms with E-state index >= 15 is 0 Å². The summed E-state index contributed by atoms with van der Waals surface area (Å²) in [6.07, 6.45) is 0.561. The fourth-order valence-corrected chi connectivity index (χ4v) is 3.63. The summed E-state index contributed by atoms with van der Waals surface area (Å²) in [6.45, 7) is 8.41. The number of fused-ring (bicyclic) bond motifs is 1. The van der Waals surface area contributed by atoms with E-state index in [2.05, 4.69) is 9.97 Å². The van der Waals surface area contributed by atoms with Gasteiger partial charge < -0.3 is 19.3 Å². The zero-order valence-corrected chi connectivity index (χ0v) is 17.2. The number of piperazine rings is 1. The number of ether oxygens (including phenoxy) is 2. The van der Waals surface area contributed by atoms with E-state index < -0.39 is 0 Å². The Morgan fingerprint density at radius 2 is 1.89 bits per heavy atom. The highest BCUT2D eigenvalue weighted by Gasteiger charge is 2.24. The highest BCUT2D eigenvalue weighted by Crippen LogP contribution is 2.35. The molecular weight excluding hydrogens is 360 g/mol. The van der Waals surface area contributed by atoms with Gasteiger partial charge >= 0.3 is 0 Å². The van der Waals surface area contributed by atoms with Crippen LogP contribution in [0.1, 0.15) is 25.8 Å². The van der Waals surface area contributed by atoms with E-state index in [1.54, 1.807) is 20.3 Å². The molecule has 2 heterocycles. The normalized spacial score (nSPS) is 14.6. The zero-order valence-electron chi connectivity index (χ0n) is 17.2. The van der Waals surface area contributed by atoms with Gasteiger partial charge in [0, 0.05) is 44.2 Å². The van der Waals surface area contributed by atoms with Gasteiger partial charge in [0.1, 0.15) is 0 Å². The minimum Gasteiger partial charge on any atom is -0.493 e. The van der Waals surface area contributed by atoms with Crippen molar-refractivity contribution in [2.75, 3.05) is 45.3 Å². The summed E-state index contributed by atoms with van der Waals surface area (Å²) < 4.78 is 10.8. The summed E-state index contributed by atoms with van der Waals surface area (Å²) in [5.74, 6) is 2.12. The third-order valence-electron chi connectivity index (χ3n) is 5.08. The molecule has 0 aliphatic carbocycles. The van der Waals surface area contributed by atoms with Crippen LogP contribution in [0.3, 0.4) is 0 Å². The number of hydrogen-bond donors (Lipinski definition) is 1. The summed E-state index contributed by atoms with van der Waals surface area (Å²) in [4.78, 5) is 36.4. The molecule has 0 saturated carbocycles. The molecule has 1 fully saturated rings. The second-order valence-electron chi connectivity index (χ2n) is 7.49. The van der Waals surface area contributed by atoms with Gasteiger partial charge in [-0.2, -0.15) is 0 Å². The molecule has 3 rings (SSSR count). The molecule has 1 amide bonds. The predicted molar refractivity (Wildman–Crippen MR) is 108 cm³/mol. The Morgan fingerprint density at radius 3 is 2.46 bits per heavy atom. The first-order valence-electron chi connectivity index (χ1n) is 9.54.